The van der Waals surface area contributed by atoms with Gasteiger partial charge >= 0.3 is 5.97 Å². The van der Waals surface area contributed by atoms with Crippen molar-refractivity contribution >= 4 is 23.2 Å². The normalized spacial score (nSPS) is 20.0. The smallest absolute Gasteiger partial charge is 0.305 e. The molecule has 1 N–H and O–H groups in total. The van der Waals surface area contributed by atoms with E-state index in [1.54, 1.807) is 19.2 Å². The monoisotopic (exact) mass is 359 g/mol. The van der Waals surface area contributed by atoms with Crippen LogP contribution in [-0.4, -0.2) is 36.8 Å². The predicted octanol–water partition coefficient (Wildman–Crippen LogP) is 3.92. The van der Waals surface area contributed by atoms with E-state index < -0.39 is 5.97 Å². The molecule has 1 aromatic rings. The Hall–Kier alpha value is -2.63. The van der Waals surface area contributed by atoms with Crippen LogP contribution in [0.4, 0.5) is 5.69 Å². The third-order valence-electron chi connectivity index (χ3n) is 4.28. The molecular formula is C20H25NO5. The molecule has 0 saturated heterocycles. The van der Waals surface area contributed by atoms with Gasteiger partial charge in [0.1, 0.15) is 17.2 Å². The lowest BCUT2D eigenvalue weighted by atomic mass is 9.73. The zero-order valence-electron chi connectivity index (χ0n) is 15.7. The van der Waals surface area contributed by atoms with Crippen molar-refractivity contribution < 1.29 is 24.2 Å². The van der Waals surface area contributed by atoms with Crippen LogP contribution in [0.1, 0.15) is 39.5 Å². The number of para-hydroxylation sites is 2. The van der Waals surface area contributed by atoms with Crippen LogP contribution < -0.4 is 4.74 Å². The number of benzene rings is 1. The molecular weight excluding hydrogens is 334 g/mol. The maximum atomic E-state index is 12.7. The topological polar surface area (TPSA) is 85.2 Å². The summed E-state index contributed by atoms with van der Waals surface area (Å²) < 4.78 is 9.92. The van der Waals surface area contributed by atoms with E-state index in [4.69, 9.17) is 4.74 Å². The number of aliphatic imine (C=N–C) groups is 1. The zero-order chi connectivity index (χ0) is 19.3. The number of Topliss-reactive ketones (excluding diaryl/α,β-unsaturated/α-hetero) is 1. The molecule has 0 unspecified atom stereocenters. The Labute approximate surface area is 153 Å². The lowest BCUT2D eigenvalue weighted by Crippen LogP contribution is -2.32. The van der Waals surface area contributed by atoms with E-state index in [-0.39, 0.29) is 35.4 Å². The highest BCUT2D eigenvalue weighted by Gasteiger charge is 2.36. The molecule has 1 aromatic carbocycles. The van der Waals surface area contributed by atoms with Crippen LogP contribution in [0.15, 0.2) is 40.6 Å². The minimum absolute atomic E-state index is 0.00441. The largest absolute Gasteiger partial charge is 0.511 e. The second-order valence-corrected chi connectivity index (χ2v) is 7.07. The van der Waals surface area contributed by atoms with Crippen molar-refractivity contribution in [2.45, 2.75) is 39.5 Å². The molecule has 0 spiro atoms. The molecule has 0 amide bonds. The molecule has 6 nitrogen and oxygen atoms in total. The maximum Gasteiger partial charge on any atom is 0.305 e. The van der Waals surface area contributed by atoms with Gasteiger partial charge in [0, 0.05) is 12.8 Å². The van der Waals surface area contributed by atoms with Gasteiger partial charge in [-0.05, 0) is 24.0 Å². The van der Waals surface area contributed by atoms with Crippen LogP contribution in [0, 0.1) is 5.41 Å². The Kier molecular flexibility index (Phi) is 6.18. The number of aliphatic hydroxyl groups is 1. The number of carbonyl (C=O) groups excluding carboxylic acids is 2. The van der Waals surface area contributed by atoms with Gasteiger partial charge in [0.05, 0.1) is 31.9 Å². The fourth-order valence-corrected chi connectivity index (χ4v) is 3.03. The molecule has 0 heterocycles. The van der Waals surface area contributed by atoms with E-state index in [0.717, 1.165) is 0 Å². The fourth-order valence-electron chi connectivity index (χ4n) is 3.03. The lowest BCUT2D eigenvalue weighted by molar-refractivity contribution is -0.140. The van der Waals surface area contributed by atoms with Crippen LogP contribution in [0.3, 0.4) is 0 Å². The van der Waals surface area contributed by atoms with Gasteiger partial charge in [0.15, 0.2) is 5.78 Å². The van der Waals surface area contributed by atoms with Gasteiger partial charge in [-0.1, -0.05) is 26.0 Å². The molecule has 0 radical (unpaired) electrons. The maximum absolute atomic E-state index is 12.7. The molecule has 1 aliphatic rings. The summed E-state index contributed by atoms with van der Waals surface area (Å²) in [6, 6.07) is 7.25. The number of ketones is 1. The summed E-state index contributed by atoms with van der Waals surface area (Å²) in [6.45, 7) is 3.98. The quantitative estimate of drug-likeness (QED) is 0.489. The fraction of sp³-hybridized carbons (Fsp3) is 0.450. The lowest BCUT2D eigenvalue weighted by Gasteiger charge is -2.31. The number of allylic oxidation sites excluding steroid dienone is 2. The van der Waals surface area contributed by atoms with Gasteiger partial charge in [0.25, 0.3) is 0 Å². The number of rotatable bonds is 5. The number of hydrogen-bond acceptors (Lipinski definition) is 6. The van der Waals surface area contributed by atoms with E-state index in [2.05, 4.69) is 9.73 Å². The zero-order valence-corrected chi connectivity index (χ0v) is 15.7. The molecule has 1 saturated carbocycles. The Morgan fingerprint density at radius 2 is 1.88 bits per heavy atom. The first-order valence-electron chi connectivity index (χ1n) is 8.50. The average Bonchev–Trinajstić information content (AvgIpc) is 2.58. The molecule has 0 bridgehead atoms. The molecule has 1 aliphatic carbocycles. The van der Waals surface area contributed by atoms with E-state index >= 15 is 0 Å². The number of hydrogen-bond donors (Lipinski definition) is 1. The van der Waals surface area contributed by atoms with Crippen molar-refractivity contribution in [2.75, 3.05) is 14.2 Å². The predicted molar refractivity (Wildman–Crippen MR) is 99.0 cm³/mol. The minimum Gasteiger partial charge on any atom is -0.511 e. The van der Waals surface area contributed by atoms with Crippen molar-refractivity contribution in [1.29, 1.82) is 0 Å². The van der Waals surface area contributed by atoms with Crippen molar-refractivity contribution in [1.82, 2.24) is 0 Å². The summed E-state index contributed by atoms with van der Waals surface area (Å²) in [6.07, 6.45) is 0.896. The SMILES string of the molecule is COC(=O)CCC(O)=C1C(=O)CC(C)(C)CC1=Nc1ccccc1OC. The average molecular weight is 359 g/mol. The third kappa shape index (κ3) is 4.71. The second kappa shape index (κ2) is 8.17. The standard InChI is InChI=1S/C20H25NO5/c1-20(2)11-14(21-13-7-5-6-8-17(13)25-3)19(16(23)12-20)15(22)9-10-18(24)26-4/h5-8,22H,9-12H2,1-4H3. The first-order valence-corrected chi connectivity index (χ1v) is 8.50. The van der Waals surface area contributed by atoms with E-state index in [0.29, 0.717) is 30.0 Å². The van der Waals surface area contributed by atoms with E-state index in [1.165, 1.54) is 7.11 Å². The highest BCUT2D eigenvalue weighted by atomic mass is 16.5. The number of carbonyl (C=O) groups is 2. The number of esters is 1. The van der Waals surface area contributed by atoms with Gasteiger partial charge in [0.2, 0.25) is 0 Å². The van der Waals surface area contributed by atoms with E-state index in [9.17, 15) is 14.7 Å². The van der Waals surface area contributed by atoms with Crippen molar-refractivity contribution in [2.24, 2.45) is 10.4 Å². The molecule has 0 aliphatic heterocycles. The van der Waals surface area contributed by atoms with Gasteiger partial charge in [-0.25, -0.2) is 4.99 Å². The van der Waals surface area contributed by atoms with Gasteiger partial charge in [-0.2, -0.15) is 0 Å². The molecule has 0 aromatic heterocycles. The Bertz CT molecular complexity index is 761. The first kappa shape index (κ1) is 19.7. The number of ether oxygens (including phenoxy) is 2. The third-order valence-corrected chi connectivity index (χ3v) is 4.28. The number of nitrogens with zero attached hydrogens (tertiary/aromatic N) is 1. The van der Waals surface area contributed by atoms with Crippen LogP contribution in [0.25, 0.3) is 0 Å². The molecule has 140 valence electrons. The summed E-state index contributed by atoms with van der Waals surface area (Å²) >= 11 is 0. The molecule has 0 atom stereocenters. The number of aliphatic hydroxyl groups excluding tert-OH is 1. The van der Waals surface area contributed by atoms with Crippen LogP contribution in [-0.2, 0) is 14.3 Å². The molecule has 1 fully saturated rings. The Morgan fingerprint density at radius 1 is 1.19 bits per heavy atom. The molecule has 26 heavy (non-hydrogen) atoms. The van der Waals surface area contributed by atoms with Crippen LogP contribution >= 0.6 is 0 Å². The first-order chi connectivity index (χ1) is 12.3. The van der Waals surface area contributed by atoms with Gasteiger partial charge in [-0.3, -0.25) is 9.59 Å². The molecule has 2 rings (SSSR count). The van der Waals surface area contributed by atoms with Crippen molar-refractivity contribution in [3.8, 4) is 5.75 Å². The van der Waals surface area contributed by atoms with E-state index in [1.807, 2.05) is 26.0 Å². The second-order valence-electron chi connectivity index (χ2n) is 7.07. The summed E-state index contributed by atoms with van der Waals surface area (Å²) in [5.41, 5.74) is 1.05. The Morgan fingerprint density at radius 3 is 2.54 bits per heavy atom. The van der Waals surface area contributed by atoms with Gasteiger partial charge < -0.3 is 14.6 Å². The molecule has 6 heteroatoms. The highest BCUT2D eigenvalue weighted by molar-refractivity contribution is 6.25. The summed E-state index contributed by atoms with van der Waals surface area (Å²) in [5.74, 6) is -0.144. The van der Waals surface area contributed by atoms with Crippen molar-refractivity contribution in [3.05, 3.63) is 35.6 Å². The summed E-state index contributed by atoms with van der Waals surface area (Å²) in [7, 11) is 2.84. The summed E-state index contributed by atoms with van der Waals surface area (Å²) in [4.78, 5) is 28.6. The highest BCUT2D eigenvalue weighted by Crippen LogP contribution is 2.38. The van der Waals surface area contributed by atoms with Crippen LogP contribution in [0.5, 0.6) is 5.75 Å². The summed E-state index contributed by atoms with van der Waals surface area (Å²) in [5, 5.41) is 10.5. The van der Waals surface area contributed by atoms with Gasteiger partial charge in [-0.15, -0.1) is 0 Å². The van der Waals surface area contributed by atoms with Crippen LogP contribution in [0.2, 0.25) is 0 Å². The Balaban J connectivity index is 2.47. The number of methoxy groups -OCH3 is 2. The minimum atomic E-state index is -0.441. The van der Waals surface area contributed by atoms with Crippen molar-refractivity contribution in [3.63, 3.8) is 0 Å².